The molecule has 0 aliphatic heterocycles. The number of hydrogen-bond acceptors (Lipinski definition) is 1. The maximum atomic E-state index is 6.33. The molecule has 0 spiro atoms. The lowest BCUT2D eigenvalue weighted by Crippen LogP contribution is -2.31. The number of nitrogens with one attached hydrogen (secondary N) is 1. The molecule has 0 fully saturated rings. The van der Waals surface area contributed by atoms with E-state index in [4.69, 9.17) is 11.6 Å². The van der Waals surface area contributed by atoms with Gasteiger partial charge in [0, 0.05) is 15.5 Å². The largest absolute Gasteiger partial charge is 0.314 e. The lowest BCUT2D eigenvalue weighted by atomic mass is 9.99. The minimum Gasteiger partial charge on any atom is -0.314 e. The van der Waals surface area contributed by atoms with Gasteiger partial charge in [0.1, 0.15) is 0 Å². The Balaban J connectivity index is 2.38. The van der Waals surface area contributed by atoms with Crippen molar-refractivity contribution in [2.75, 3.05) is 6.54 Å². The Bertz CT molecular complexity index is 395. The Morgan fingerprint density at radius 3 is 2.48 bits per heavy atom. The predicted molar refractivity (Wildman–Crippen MR) is 98.3 cm³/mol. The van der Waals surface area contributed by atoms with E-state index in [9.17, 15) is 0 Å². The highest BCUT2D eigenvalue weighted by Crippen LogP contribution is 2.23. The summed E-state index contributed by atoms with van der Waals surface area (Å²) in [6, 6.07) is 6.75. The van der Waals surface area contributed by atoms with Crippen LogP contribution in [0.5, 0.6) is 0 Å². The summed E-state index contributed by atoms with van der Waals surface area (Å²) >= 11 is 9.80. The van der Waals surface area contributed by atoms with Gasteiger partial charge in [-0.1, -0.05) is 86.0 Å². The molecule has 1 aromatic rings. The molecule has 0 bridgehead atoms. The van der Waals surface area contributed by atoms with Gasteiger partial charge in [-0.15, -0.1) is 0 Å². The molecule has 1 atom stereocenters. The summed E-state index contributed by atoms with van der Waals surface area (Å²) < 4.78 is 1.05. The molecule has 0 amide bonds. The number of unbranched alkanes of at least 4 members (excludes halogenated alkanes) is 5. The van der Waals surface area contributed by atoms with Crippen LogP contribution in [0, 0.1) is 0 Å². The summed E-state index contributed by atoms with van der Waals surface area (Å²) in [5.41, 5.74) is 1.25. The smallest absolute Gasteiger partial charge is 0.0449 e. The molecule has 1 N–H and O–H groups in total. The molecular weight excluding hydrogens is 346 g/mol. The summed E-state index contributed by atoms with van der Waals surface area (Å²) in [6.07, 6.45) is 10.4. The van der Waals surface area contributed by atoms with Crippen molar-refractivity contribution < 1.29 is 0 Å². The van der Waals surface area contributed by atoms with Crippen LogP contribution in [0.25, 0.3) is 0 Å². The van der Waals surface area contributed by atoms with E-state index in [0.717, 1.165) is 22.5 Å². The van der Waals surface area contributed by atoms with Gasteiger partial charge in [0.05, 0.1) is 0 Å². The maximum Gasteiger partial charge on any atom is 0.0449 e. The van der Waals surface area contributed by atoms with E-state index in [0.29, 0.717) is 6.04 Å². The van der Waals surface area contributed by atoms with Crippen LogP contribution in [0.15, 0.2) is 22.7 Å². The number of halogens is 2. The quantitative estimate of drug-likeness (QED) is 0.443. The fraction of sp³-hybridized carbons (Fsp3) is 0.667. The lowest BCUT2D eigenvalue weighted by Gasteiger charge is -2.19. The van der Waals surface area contributed by atoms with Crippen molar-refractivity contribution >= 4 is 27.5 Å². The van der Waals surface area contributed by atoms with Gasteiger partial charge in [0.15, 0.2) is 0 Å². The summed E-state index contributed by atoms with van der Waals surface area (Å²) in [5, 5.41) is 4.48. The molecule has 0 heterocycles. The first kappa shape index (κ1) is 19.0. The second kappa shape index (κ2) is 11.5. The first-order valence-corrected chi connectivity index (χ1v) is 9.51. The highest BCUT2D eigenvalue weighted by Gasteiger charge is 2.10. The van der Waals surface area contributed by atoms with Crippen LogP contribution in [-0.2, 0) is 6.42 Å². The summed E-state index contributed by atoms with van der Waals surface area (Å²) in [4.78, 5) is 0. The Kier molecular flexibility index (Phi) is 10.4. The van der Waals surface area contributed by atoms with Crippen LogP contribution in [0.3, 0.4) is 0 Å². The zero-order valence-electron chi connectivity index (χ0n) is 13.4. The Morgan fingerprint density at radius 1 is 1.10 bits per heavy atom. The van der Waals surface area contributed by atoms with Crippen LogP contribution in [0.2, 0.25) is 5.02 Å². The SMILES string of the molecule is CCCCCCCCC(Cc1ccc(Br)cc1Cl)NCC. The monoisotopic (exact) mass is 373 g/mol. The fourth-order valence-electron chi connectivity index (χ4n) is 2.69. The third kappa shape index (κ3) is 8.23. The summed E-state index contributed by atoms with van der Waals surface area (Å²) in [7, 11) is 0. The zero-order chi connectivity index (χ0) is 15.5. The Labute approximate surface area is 144 Å². The summed E-state index contributed by atoms with van der Waals surface area (Å²) in [6.45, 7) is 5.47. The van der Waals surface area contributed by atoms with E-state index in [2.05, 4.69) is 47.2 Å². The number of likely N-dealkylation sites (N-methyl/N-ethyl adjacent to an activating group) is 1. The minimum absolute atomic E-state index is 0.542. The van der Waals surface area contributed by atoms with Crippen molar-refractivity contribution in [2.45, 2.75) is 71.3 Å². The van der Waals surface area contributed by atoms with E-state index in [1.54, 1.807) is 0 Å². The Morgan fingerprint density at radius 2 is 1.81 bits per heavy atom. The van der Waals surface area contributed by atoms with Crippen molar-refractivity contribution in [3.05, 3.63) is 33.3 Å². The van der Waals surface area contributed by atoms with Crippen LogP contribution < -0.4 is 5.32 Å². The topological polar surface area (TPSA) is 12.0 Å². The van der Waals surface area contributed by atoms with Crippen LogP contribution in [0.4, 0.5) is 0 Å². The predicted octanol–water partition coefficient (Wildman–Crippen LogP) is 6.37. The molecule has 21 heavy (non-hydrogen) atoms. The van der Waals surface area contributed by atoms with Crippen molar-refractivity contribution in [2.24, 2.45) is 0 Å². The highest BCUT2D eigenvalue weighted by atomic mass is 79.9. The van der Waals surface area contributed by atoms with Crippen LogP contribution >= 0.6 is 27.5 Å². The summed E-state index contributed by atoms with van der Waals surface area (Å²) in [5.74, 6) is 0. The van der Waals surface area contributed by atoms with Gasteiger partial charge in [-0.3, -0.25) is 0 Å². The van der Waals surface area contributed by atoms with E-state index >= 15 is 0 Å². The molecule has 1 nitrogen and oxygen atoms in total. The van der Waals surface area contributed by atoms with Gasteiger partial charge in [0.2, 0.25) is 0 Å². The number of rotatable bonds is 11. The van der Waals surface area contributed by atoms with Gasteiger partial charge in [-0.2, -0.15) is 0 Å². The average molecular weight is 375 g/mol. The molecular formula is C18H29BrClN. The fourth-order valence-corrected chi connectivity index (χ4v) is 3.44. The molecule has 0 aliphatic rings. The first-order chi connectivity index (χ1) is 10.2. The molecule has 0 saturated heterocycles. The second-order valence-corrected chi connectivity index (χ2v) is 7.07. The molecule has 0 radical (unpaired) electrons. The highest BCUT2D eigenvalue weighted by molar-refractivity contribution is 9.10. The molecule has 0 aliphatic carbocycles. The van der Waals surface area contributed by atoms with Crippen molar-refractivity contribution in [3.8, 4) is 0 Å². The first-order valence-electron chi connectivity index (χ1n) is 8.34. The van der Waals surface area contributed by atoms with Gasteiger partial charge >= 0.3 is 0 Å². The number of hydrogen-bond donors (Lipinski definition) is 1. The van der Waals surface area contributed by atoms with E-state index < -0.39 is 0 Å². The molecule has 1 rings (SSSR count). The average Bonchev–Trinajstić information content (AvgIpc) is 2.45. The standard InChI is InChI=1S/C18H29BrClN/c1-3-5-6-7-8-9-10-17(21-4-2)13-15-11-12-16(19)14-18(15)20/h11-12,14,17,21H,3-10,13H2,1-2H3. The van der Waals surface area contributed by atoms with Gasteiger partial charge in [-0.25, -0.2) is 0 Å². The molecule has 1 unspecified atom stereocenters. The second-order valence-electron chi connectivity index (χ2n) is 5.75. The maximum absolute atomic E-state index is 6.33. The van der Waals surface area contributed by atoms with Gasteiger partial charge < -0.3 is 5.32 Å². The Hall–Kier alpha value is -0.0500. The minimum atomic E-state index is 0.542. The third-order valence-corrected chi connectivity index (χ3v) is 4.73. The van der Waals surface area contributed by atoms with Crippen LogP contribution in [0.1, 0.15) is 64.4 Å². The zero-order valence-corrected chi connectivity index (χ0v) is 15.8. The van der Waals surface area contributed by atoms with Crippen LogP contribution in [-0.4, -0.2) is 12.6 Å². The molecule has 0 aromatic heterocycles. The lowest BCUT2D eigenvalue weighted by molar-refractivity contribution is 0.459. The van der Waals surface area contributed by atoms with E-state index in [1.165, 1.54) is 50.5 Å². The van der Waals surface area contributed by atoms with Gasteiger partial charge in [0.25, 0.3) is 0 Å². The van der Waals surface area contributed by atoms with E-state index in [1.807, 2.05) is 6.07 Å². The third-order valence-electron chi connectivity index (χ3n) is 3.88. The molecule has 120 valence electrons. The van der Waals surface area contributed by atoms with Crippen molar-refractivity contribution in [1.82, 2.24) is 5.32 Å². The normalized spacial score (nSPS) is 12.6. The van der Waals surface area contributed by atoms with Crippen molar-refractivity contribution in [1.29, 1.82) is 0 Å². The number of benzene rings is 1. The molecule has 3 heteroatoms. The van der Waals surface area contributed by atoms with E-state index in [-0.39, 0.29) is 0 Å². The molecule has 1 aromatic carbocycles. The molecule has 0 saturated carbocycles. The van der Waals surface area contributed by atoms with Crippen molar-refractivity contribution in [3.63, 3.8) is 0 Å². The van der Waals surface area contributed by atoms with Gasteiger partial charge in [-0.05, 0) is 37.1 Å².